The zero-order valence-electron chi connectivity index (χ0n) is 17.6. The van der Waals surface area contributed by atoms with Crippen LogP contribution in [0.1, 0.15) is 16.8 Å². The van der Waals surface area contributed by atoms with E-state index in [4.69, 9.17) is 4.74 Å². The molecule has 1 aromatic carbocycles. The molecule has 1 amide bonds. The molecule has 4 rings (SSSR count). The van der Waals surface area contributed by atoms with E-state index in [1.165, 1.54) is 36.8 Å². The van der Waals surface area contributed by atoms with Gasteiger partial charge in [0.05, 0.1) is 13.2 Å². The number of benzene rings is 1. The second kappa shape index (κ2) is 9.97. The first-order valence-electron chi connectivity index (χ1n) is 10.3. The number of pyridine rings is 1. The van der Waals surface area contributed by atoms with Crippen LogP contribution in [-0.2, 0) is 22.3 Å². The van der Waals surface area contributed by atoms with Gasteiger partial charge in [0.2, 0.25) is 5.91 Å². The quantitative estimate of drug-likeness (QED) is 0.548. The minimum atomic E-state index is -4.61. The number of rotatable bonds is 6. The fourth-order valence-electron chi connectivity index (χ4n) is 3.56. The molecule has 33 heavy (non-hydrogen) atoms. The lowest BCUT2D eigenvalue weighted by atomic mass is 10.0. The minimum absolute atomic E-state index is 0.110. The van der Waals surface area contributed by atoms with Crippen LogP contribution in [0.5, 0.6) is 0 Å². The first kappa shape index (κ1) is 22.7. The molecule has 1 fully saturated rings. The van der Waals surface area contributed by atoms with E-state index in [2.05, 4.69) is 25.4 Å². The van der Waals surface area contributed by atoms with Crippen LogP contribution in [0, 0.1) is 0 Å². The van der Waals surface area contributed by atoms with Crippen LogP contribution in [0.15, 0.2) is 55.0 Å². The Labute approximate surface area is 188 Å². The first-order valence-corrected chi connectivity index (χ1v) is 10.3. The van der Waals surface area contributed by atoms with Gasteiger partial charge in [-0.3, -0.25) is 19.8 Å². The molecule has 0 unspecified atom stereocenters. The van der Waals surface area contributed by atoms with Crippen molar-refractivity contribution in [3.63, 3.8) is 0 Å². The fraction of sp³-hybridized carbons (Fsp3) is 0.261. The Kier molecular flexibility index (Phi) is 6.85. The standard InChI is InChI=1S/C23H22F3N5O2/c24-23(25,26)22-20(14-28-30-22)19-7-8-27-13-17(19)3-6-21(32)29-18-4-1-16(2-5-18)15-31-9-11-33-12-10-31/h1-8,13-14H,9-12,15H2,(H,28,30)(H,29,32)/b6-3+. The summed E-state index contributed by atoms with van der Waals surface area (Å²) in [7, 11) is 0. The van der Waals surface area contributed by atoms with Gasteiger partial charge in [0.25, 0.3) is 0 Å². The number of ether oxygens (including phenoxy) is 1. The summed E-state index contributed by atoms with van der Waals surface area (Å²) in [6.07, 6.45) is 2.04. The molecule has 2 aromatic heterocycles. The van der Waals surface area contributed by atoms with Crippen LogP contribution in [0.2, 0.25) is 0 Å². The van der Waals surface area contributed by atoms with Gasteiger partial charge in [0, 0.05) is 61.1 Å². The van der Waals surface area contributed by atoms with Crippen LogP contribution in [0.4, 0.5) is 18.9 Å². The predicted molar refractivity (Wildman–Crippen MR) is 117 cm³/mol. The highest BCUT2D eigenvalue weighted by Gasteiger charge is 2.37. The molecule has 3 heterocycles. The van der Waals surface area contributed by atoms with E-state index < -0.39 is 17.8 Å². The summed E-state index contributed by atoms with van der Waals surface area (Å²) in [6, 6.07) is 8.98. The van der Waals surface area contributed by atoms with E-state index in [9.17, 15) is 18.0 Å². The average Bonchev–Trinajstić information content (AvgIpc) is 3.31. The molecule has 0 bridgehead atoms. The number of carbonyl (C=O) groups excluding carboxylic acids is 1. The van der Waals surface area contributed by atoms with E-state index >= 15 is 0 Å². The number of nitrogens with one attached hydrogen (secondary N) is 2. The van der Waals surface area contributed by atoms with Gasteiger partial charge in [-0.15, -0.1) is 0 Å². The highest BCUT2D eigenvalue weighted by Crippen LogP contribution is 2.36. The molecule has 1 aliphatic rings. The summed E-state index contributed by atoms with van der Waals surface area (Å²) >= 11 is 0. The fourth-order valence-corrected chi connectivity index (χ4v) is 3.56. The van der Waals surface area contributed by atoms with Gasteiger partial charge < -0.3 is 10.1 Å². The third-order valence-electron chi connectivity index (χ3n) is 5.20. The second-order valence-electron chi connectivity index (χ2n) is 7.52. The first-order chi connectivity index (χ1) is 15.9. The monoisotopic (exact) mass is 457 g/mol. The number of aromatic nitrogens is 3. The SMILES string of the molecule is O=C(/C=C/c1cnccc1-c1c[nH]nc1C(F)(F)F)Nc1ccc(CN2CCOCC2)cc1. The molecule has 0 saturated carbocycles. The van der Waals surface area contributed by atoms with Gasteiger partial charge >= 0.3 is 6.18 Å². The Morgan fingerprint density at radius 2 is 1.91 bits per heavy atom. The number of aromatic amines is 1. The summed E-state index contributed by atoms with van der Waals surface area (Å²) in [5.74, 6) is -0.408. The van der Waals surface area contributed by atoms with E-state index in [0.717, 1.165) is 38.4 Å². The van der Waals surface area contributed by atoms with Crippen molar-refractivity contribution in [2.24, 2.45) is 0 Å². The van der Waals surface area contributed by atoms with Crippen molar-refractivity contribution in [2.45, 2.75) is 12.7 Å². The molecular formula is C23H22F3N5O2. The number of hydrogen-bond donors (Lipinski definition) is 2. The van der Waals surface area contributed by atoms with E-state index in [0.29, 0.717) is 11.3 Å². The van der Waals surface area contributed by atoms with Crippen molar-refractivity contribution < 1.29 is 22.7 Å². The Bertz CT molecular complexity index is 1120. The zero-order chi connectivity index (χ0) is 23.3. The maximum absolute atomic E-state index is 13.2. The highest BCUT2D eigenvalue weighted by molar-refractivity contribution is 6.02. The summed E-state index contributed by atoms with van der Waals surface area (Å²) < 4.78 is 45.0. The molecule has 0 atom stereocenters. The van der Waals surface area contributed by atoms with Gasteiger partial charge in [-0.05, 0) is 35.4 Å². The van der Waals surface area contributed by atoms with Gasteiger partial charge in [0.1, 0.15) is 0 Å². The van der Waals surface area contributed by atoms with E-state index in [-0.39, 0.29) is 11.1 Å². The summed E-state index contributed by atoms with van der Waals surface area (Å²) in [6.45, 7) is 4.06. The molecule has 0 aliphatic carbocycles. The lowest BCUT2D eigenvalue weighted by Crippen LogP contribution is -2.35. The minimum Gasteiger partial charge on any atom is -0.379 e. The molecule has 0 radical (unpaired) electrons. The van der Waals surface area contributed by atoms with Crippen LogP contribution < -0.4 is 5.32 Å². The number of anilines is 1. The molecule has 1 aliphatic heterocycles. The van der Waals surface area contributed by atoms with Crippen molar-refractivity contribution in [3.05, 3.63) is 71.8 Å². The van der Waals surface area contributed by atoms with Crippen LogP contribution >= 0.6 is 0 Å². The topological polar surface area (TPSA) is 83.1 Å². The maximum atomic E-state index is 13.2. The Balaban J connectivity index is 1.42. The van der Waals surface area contributed by atoms with Gasteiger partial charge in [-0.2, -0.15) is 18.3 Å². The highest BCUT2D eigenvalue weighted by atomic mass is 19.4. The van der Waals surface area contributed by atoms with Crippen molar-refractivity contribution in [1.29, 1.82) is 0 Å². The van der Waals surface area contributed by atoms with Crippen LogP contribution in [0.3, 0.4) is 0 Å². The number of nitrogens with zero attached hydrogens (tertiary/aromatic N) is 3. The van der Waals surface area contributed by atoms with Crippen LogP contribution in [-0.4, -0.2) is 52.3 Å². The molecule has 1 saturated heterocycles. The molecular weight excluding hydrogens is 435 g/mol. The summed E-state index contributed by atoms with van der Waals surface area (Å²) in [4.78, 5) is 18.6. The largest absolute Gasteiger partial charge is 0.435 e. The van der Waals surface area contributed by atoms with Crippen molar-refractivity contribution in [2.75, 3.05) is 31.6 Å². The summed E-state index contributed by atoms with van der Waals surface area (Å²) in [5.41, 5.74) is 1.25. The van der Waals surface area contributed by atoms with Gasteiger partial charge in [-0.1, -0.05) is 12.1 Å². The summed E-state index contributed by atoms with van der Waals surface area (Å²) in [5, 5.41) is 8.33. The second-order valence-corrected chi connectivity index (χ2v) is 7.52. The molecule has 172 valence electrons. The Morgan fingerprint density at radius 1 is 1.15 bits per heavy atom. The van der Waals surface area contributed by atoms with Crippen molar-refractivity contribution >= 4 is 17.7 Å². The van der Waals surface area contributed by atoms with Gasteiger partial charge in [-0.25, -0.2) is 0 Å². The van der Waals surface area contributed by atoms with Crippen molar-refractivity contribution in [3.8, 4) is 11.1 Å². The Morgan fingerprint density at radius 3 is 2.64 bits per heavy atom. The predicted octanol–water partition coefficient (Wildman–Crippen LogP) is 3.97. The maximum Gasteiger partial charge on any atom is 0.435 e. The lowest BCUT2D eigenvalue weighted by molar-refractivity contribution is -0.140. The van der Waals surface area contributed by atoms with Crippen LogP contribution in [0.25, 0.3) is 17.2 Å². The number of hydrogen-bond acceptors (Lipinski definition) is 5. The number of carbonyl (C=O) groups is 1. The average molecular weight is 457 g/mol. The third kappa shape index (κ3) is 5.85. The molecule has 3 aromatic rings. The number of halogens is 3. The van der Waals surface area contributed by atoms with Crippen molar-refractivity contribution in [1.82, 2.24) is 20.1 Å². The number of amides is 1. The molecule has 10 heteroatoms. The number of morpholine rings is 1. The van der Waals surface area contributed by atoms with Gasteiger partial charge in [0.15, 0.2) is 5.69 Å². The third-order valence-corrected chi connectivity index (χ3v) is 5.20. The lowest BCUT2D eigenvalue weighted by Gasteiger charge is -2.26. The number of H-pyrrole nitrogens is 1. The molecule has 7 nitrogen and oxygen atoms in total. The number of alkyl halides is 3. The van der Waals surface area contributed by atoms with E-state index in [1.54, 1.807) is 0 Å². The zero-order valence-corrected chi connectivity index (χ0v) is 17.6. The normalized spacial score (nSPS) is 15.1. The smallest absolute Gasteiger partial charge is 0.379 e. The Hall–Kier alpha value is -3.50. The molecule has 0 spiro atoms. The van der Waals surface area contributed by atoms with E-state index in [1.807, 2.05) is 24.3 Å². The molecule has 2 N–H and O–H groups in total.